The minimum Gasteiger partial charge on any atom is -0.406 e. The van der Waals surface area contributed by atoms with Gasteiger partial charge >= 0.3 is 6.36 Å². The number of anilines is 1. The summed E-state index contributed by atoms with van der Waals surface area (Å²) >= 11 is 0. The van der Waals surface area contributed by atoms with Crippen LogP contribution < -0.4 is 10.1 Å². The maximum Gasteiger partial charge on any atom is 0.573 e. The molecule has 128 valence electrons. The quantitative estimate of drug-likeness (QED) is 0.807. The third-order valence-corrected chi connectivity index (χ3v) is 3.29. The van der Waals surface area contributed by atoms with E-state index in [0.29, 0.717) is 11.3 Å². The van der Waals surface area contributed by atoms with Gasteiger partial charge in [-0.2, -0.15) is 0 Å². The van der Waals surface area contributed by atoms with Crippen LogP contribution in [0.5, 0.6) is 5.75 Å². The maximum atomic E-state index is 13.2. The lowest BCUT2D eigenvalue weighted by atomic mass is 10.1. The summed E-state index contributed by atoms with van der Waals surface area (Å²) in [4.78, 5) is 11.9. The Bertz CT molecular complexity index is 729. The van der Waals surface area contributed by atoms with Crippen molar-refractivity contribution in [1.29, 1.82) is 0 Å². The molecule has 0 fully saturated rings. The van der Waals surface area contributed by atoms with Crippen LogP contribution in [0.1, 0.15) is 17.5 Å². The first-order valence-electron chi connectivity index (χ1n) is 7.14. The van der Waals surface area contributed by atoms with Crippen molar-refractivity contribution >= 4 is 11.6 Å². The number of para-hydroxylation sites is 1. The molecule has 0 spiro atoms. The van der Waals surface area contributed by atoms with E-state index in [0.717, 1.165) is 0 Å². The topological polar surface area (TPSA) is 38.3 Å². The number of ether oxygens (including phenoxy) is 1. The molecule has 0 unspecified atom stereocenters. The fourth-order valence-electron chi connectivity index (χ4n) is 2.12. The highest BCUT2D eigenvalue weighted by atomic mass is 19.4. The summed E-state index contributed by atoms with van der Waals surface area (Å²) in [6, 6.07) is 9.62. The summed E-state index contributed by atoms with van der Waals surface area (Å²) in [7, 11) is 0. The molecule has 0 saturated carbocycles. The van der Waals surface area contributed by atoms with Gasteiger partial charge in [0.2, 0.25) is 5.91 Å². The molecule has 24 heavy (non-hydrogen) atoms. The van der Waals surface area contributed by atoms with Crippen molar-refractivity contribution in [2.45, 2.75) is 26.1 Å². The molecule has 0 aliphatic carbocycles. The average molecular weight is 341 g/mol. The number of alkyl halides is 3. The van der Waals surface area contributed by atoms with Crippen molar-refractivity contribution < 1.29 is 27.1 Å². The molecule has 0 heterocycles. The number of nitrogens with one attached hydrogen (secondary N) is 1. The van der Waals surface area contributed by atoms with E-state index in [4.69, 9.17) is 0 Å². The van der Waals surface area contributed by atoms with E-state index in [9.17, 15) is 22.4 Å². The van der Waals surface area contributed by atoms with Crippen LogP contribution >= 0.6 is 0 Å². The Hall–Kier alpha value is -2.57. The second kappa shape index (κ2) is 7.33. The predicted molar refractivity (Wildman–Crippen MR) is 81.2 cm³/mol. The lowest BCUT2D eigenvalue weighted by Crippen LogP contribution is -2.18. The molecule has 3 nitrogen and oxygen atoms in total. The second-order valence-electron chi connectivity index (χ2n) is 5.16. The van der Waals surface area contributed by atoms with E-state index in [1.165, 1.54) is 36.4 Å². The van der Waals surface area contributed by atoms with Gasteiger partial charge in [-0.1, -0.05) is 24.3 Å². The smallest absolute Gasteiger partial charge is 0.406 e. The number of hydrogen-bond acceptors (Lipinski definition) is 2. The number of halogens is 4. The molecule has 0 saturated heterocycles. The minimum atomic E-state index is -4.79. The van der Waals surface area contributed by atoms with Gasteiger partial charge < -0.3 is 10.1 Å². The average Bonchev–Trinajstić information content (AvgIpc) is 2.48. The summed E-state index contributed by atoms with van der Waals surface area (Å²) in [6.45, 7) is 1.71. The molecule has 1 N–H and O–H groups in total. The highest BCUT2D eigenvalue weighted by Gasteiger charge is 2.31. The monoisotopic (exact) mass is 341 g/mol. The molecule has 2 aromatic rings. The Kier molecular flexibility index (Phi) is 5.43. The molecule has 1 amide bonds. The summed E-state index contributed by atoms with van der Waals surface area (Å²) in [5.74, 6) is -1.25. The van der Waals surface area contributed by atoms with Crippen LogP contribution in [0.4, 0.5) is 23.2 Å². The van der Waals surface area contributed by atoms with Crippen molar-refractivity contribution in [2.24, 2.45) is 0 Å². The van der Waals surface area contributed by atoms with E-state index in [1.54, 1.807) is 13.0 Å². The van der Waals surface area contributed by atoms with Gasteiger partial charge in [0.1, 0.15) is 11.6 Å². The number of amides is 1. The number of aryl methyl sites for hydroxylation is 2. The second-order valence-corrected chi connectivity index (χ2v) is 5.16. The SMILES string of the molecule is Cc1ccc(F)cc1NC(=O)CCc1ccccc1OC(F)(F)F. The molecule has 0 bridgehead atoms. The standard InChI is InChI=1S/C17H15F4NO2/c1-11-6-8-13(18)10-14(11)22-16(23)9-7-12-4-2-3-5-15(12)24-17(19,20)21/h2-6,8,10H,7,9H2,1H3,(H,22,23). The molecule has 0 radical (unpaired) electrons. The highest BCUT2D eigenvalue weighted by Crippen LogP contribution is 2.27. The number of carbonyl (C=O) groups excluding carboxylic acids is 1. The van der Waals surface area contributed by atoms with Gasteiger partial charge in [0.05, 0.1) is 0 Å². The third-order valence-electron chi connectivity index (χ3n) is 3.29. The number of hydrogen-bond donors (Lipinski definition) is 1. The van der Waals surface area contributed by atoms with Crippen molar-refractivity contribution in [3.8, 4) is 5.75 Å². The minimum absolute atomic E-state index is 0.0613. The Balaban J connectivity index is 2.01. The van der Waals surface area contributed by atoms with Gasteiger partial charge in [-0.05, 0) is 42.7 Å². The van der Waals surface area contributed by atoms with Crippen LogP contribution in [0.2, 0.25) is 0 Å². The largest absolute Gasteiger partial charge is 0.573 e. The molecule has 0 atom stereocenters. The van der Waals surface area contributed by atoms with Crippen LogP contribution in [0.25, 0.3) is 0 Å². The summed E-state index contributed by atoms with van der Waals surface area (Å²) < 4.78 is 54.2. The molecule has 2 rings (SSSR count). The molecule has 7 heteroatoms. The van der Waals surface area contributed by atoms with Gasteiger partial charge in [0.25, 0.3) is 0 Å². The fourth-order valence-corrected chi connectivity index (χ4v) is 2.12. The summed E-state index contributed by atoms with van der Waals surface area (Å²) in [5.41, 5.74) is 1.28. The van der Waals surface area contributed by atoms with E-state index >= 15 is 0 Å². The molecular weight excluding hydrogens is 326 g/mol. The summed E-state index contributed by atoms with van der Waals surface area (Å²) in [6.07, 6.45) is -4.79. The van der Waals surface area contributed by atoms with Gasteiger partial charge in [0, 0.05) is 12.1 Å². The van der Waals surface area contributed by atoms with Crippen molar-refractivity contribution in [1.82, 2.24) is 0 Å². The Morgan fingerprint density at radius 2 is 1.88 bits per heavy atom. The van der Waals surface area contributed by atoms with Gasteiger partial charge in [0.15, 0.2) is 0 Å². The predicted octanol–water partition coefficient (Wildman–Crippen LogP) is 4.60. The van der Waals surface area contributed by atoms with Crippen molar-refractivity contribution in [3.05, 3.63) is 59.4 Å². The van der Waals surface area contributed by atoms with Crippen LogP contribution in [0, 0.1) is 12.7 Å². The van der Waals surface area contributed by atoms with E-state index < -0.39 is 18.1 Å². The van der Waals surface area contributed by atoms with Gasteiger partial charge in [-0.15, -0.1) is 13.2 Å². The third kappa shape index (κ3) is 5.26. The molecule has 0 aliphatic rings. The zero-order valence-electron chi connectivity index (χ0n) is 12.8. The van der Waals surface area contributed by atoms with Crippen molar-refractivity contribution in [2.75, 3.05) is 5.32 Å². The first kappa shape index (κ1) is 17.8. The highest BCUT2D eigenvalue weighted by molar-refractivity contribution is 5.91. The Morgan fingerprint density at radius 1 is 1.17 bits per heavy atom. The normalized spacial score (nSPS) is 11.2. The molecule has 2 aromatic carbocycles. The van der Waals surface area contributed by atoms with Gasteiger partial charge in [-0.3, -0.25) is 4.79 Å². The summed E-state index contributed by atoms with van der Waals surface area (Å²) in [5, 5.41) is 2.55. The maximum absolute atomic E-state index is 13.2. The van der Waals surface area contributed by atoms with E-state index in [2.05, 4.69) is 10.1 Å². The fraction of sp³-hybridized carbons (Fsp3) is 0.235. The molecule has 0 aromatic heterocycles. The van der Waals surface area contributed by atoms with Gasteiger partial charge in [-0.25, -0.2) is 4.39 Å². The van der Waals surface area contributed by atoms with Crippen LogP contribution in [0.15, 0.2) is 42.5 Å². The first-order chi connectivity index (χ1) is 11.2. The Labute approximate surface area is 136 Å². The number of rotatable bonds is 5. The van der Waals surface area contributed by atoms with E-state index in [-0.39, 0.29) is 24.2 Å². The molecular formula is C17H15F4NO2. The lowest BCUT2D eigenvalue weighted by molar-refractivity contribution is -0.274. The van der Waals surface area contributed by atoms with Crippen LogP contribution in [-0.2, 0) is 11.2 Å². The number of carbonyl (C=O) groups is 1. The lowest BCUT2D eigenvalue weighted by Gasteiger charge is -2.13. The van der Waals surface area contributed by atoms with E-state index in [1.807, 2.05) is 0 Å². The zero-order valence-corrected chi connectivity index (χ0v) is 12.8. The van der Waals surface area contributed by atoms with Crippen molar-refractivity contribution in [3.63, 3.8) is 0 Å². The van der Waals surface area contributed by atoms with Crippen LogP contribution in [0.3, 0.4) is 0 Å². The zero-order chi connectivity index (χ0) is 17.7. The Morgan fingerprint density at radius 3 is 2.58 bits per heavy atom. The number of benzene rings is 2. The van der Waals surface area contributed by atoms with Crippen LogP contribution in [-0.4, -0.2) is 12.3 Å². The molecule has 0 aliphatic heterocycles. The first-order valence-corrected chi connectivity index (χ1v) is 7.14.